The number of rotatable bonds is 2. The molecule has 0 saturated carbocycles. The Bertz CT molecular complexity index is 738. The Hall–Kier alpha value is -2.08. The molecule has 3 heteroatoms. The van der Waals surface area contributed by atoms with E-state index in [0.29, 0.717) is 5.52 Å². The Morgan fingerprint density at radius 2 is 1.60 bits per heavy atom. The quantitative estimate of drug-likeness (QED) is 0.722. The number of pyridine rings is 1. The Balaban J connectivity index is 0.00000147. The predicted octanol–water partition coefficient (Wildman–Crippen LogP) is 3.73. The molecule has 0 spiro atoms. The fourth-order valence-corrected chi connectivity index (χ4v) is 1.99. The van der Waals surface area contributed by atoms with Gasteiger partial charge in [0, 0.05) is 22.7 Å². The first-order valence-corrected chi connectivity index (χ1v) is 6.15. The van der Waals surface area contributed by atoms with E-state index >= 15 is 0 Å². The zero-order chi connectivity index (χ0) is 13.1. The summed E-state index contributed by atoms with van der Waals surface area (Å²) in [6.45, 7) is 0. The van der Waals surface area contributed by atoms with E-state index in [1.165, 1.54) is 0 Å². The van der Waals surface area contributed by atoms with Gasteiger partial charge in [-0.25, -0.2) is 4.98 Å². The number of hydrogen-bond acceptors (Lipinski definition) is 2. The summed E-state index contributed by atoms with van der Waals surface area (Å²) in [5.41, 5.74) is 2.59. The van der Waals surface area contributed by atoms with Crippen LogP contribution in [-0.4, -0.2) is 27.5 Å². The zero-order valence-electron chi connectivity index (χ0n) is 10.9. The minimum absolute atomic E-state index is 0. The maximum Gasteiger partial charge on any atom is 0.141 e. The van der Waals surface area contributed by atoms with Gasteiger partial charge in [-0.05, 0) is 23.8 Å². The Labute approximate surface area is 128 Å². The summed E-state index contributed by atoms with van der Waals surface area (Å²) in [6, 6.07) is 19.4. The molecule has 0 atom stereocenters. The molecule has 0 aliphatic rings. The van der Waals surface area contributed by atoms with Gasteiger partial charge in [-0.1, -0.05) is 54.6 Å². The molecule has 0 amide bonds. The Kier molecular flexibility index (Phi) is 4.58. The van der Waals surface area contributed by atoms with Crippen molar-refractivity contribution in [1.82, 2.24) is 4.98 Å². The molecule has 20 heavy (non-hydrogen) atoms. The molecule has 3 radical (unpaired) electrons. The average molecular weight is 274 g/mol. The monoisotopic (exact) mass is 274 g/mol. The summed E-state index contributed by atoms with van der Waals surface area (Å²) in [6.07, 6.45) is 3.95. The van der Waals surface area contributed by atoms with Gasteiger partial charge in [-0.15, -0.1) is 0 Å². The van der Waals surface area contributed by atoms with Crippen molar-refractivity contribution in [2.45, 2.75) is 0 Å². The number of phenolic OH excluding ortho intramolecular Hbond substituents is 1. The van der Waals surface area contributed by atoms with Crippen LogP contribution >= 0.6 is 0 Å². The highest BCUT2D eigenvalue weighted by molar-refractivity contribution is 5.85. The highest BCUT2D eigenvalue weighted by Crippen LogP contribution is 2.22. The summed E-state index contributed by atoms with van der Waals surface area (Å²) < 4.78 is 0. The van der Waals surface area contributed by atoms with E-state index in [1.807, 2.05) is 66.7 Å². The molecular weight excluding hydrogens is 261 g/mol. The van der Waals surface area contributed by atoms with Crippen molar-refractivity contribution >= 4 is 40.4 Å². The van der Waals surface area contributed by atoms with Gasteiger partial charge < -0.3 is 5.11 Å². The van der Waals surface area contributed by atoms with Gasteiger partial charge in [-0.3, -0.25) is 0 Å². The number of phenols is 1. The number of fused-ring (bicyclic) bond motifs is 1. The summed E-state index contributed by atoms with van der Waals surface area (Å²) in [4.78, 5) is 4.45. The third-order valence-corrected chi connectivity index (χ3v) is 2.97. The van der Waals surface area contributed by atoms with Crippen molar-refractivity contribution in [2.24, 2.45) is 0 Å². The minimum Gasteiger partial charge on any atom is -0.506 e. The van der Waals surface area contributed by atoms with Crippen molar-refractivity contribution in [3.05, 3.63) is 71.9 Å². The lowest BCUT2D eigenvalue weighted by Gasteiger charge is -2.01. The van der Waals surface area contributed by atoms with E-state index < -0.39 is 0 Å². The fourth-order valence-electron chi connectivity index (χ4n) is 1.99. The SMILES string of the molecule is Oc1cccc2ccc(C=Cc3ccccc3)nc12.[Al]. The number of aromatic nitrogens is 1. The van der Waals surface area contributed by atoms with Crippen LogP contribution in [0.2, 0.25) is 0 Å². The summed E-state index contributed by atoms with van der Waals surface area (Å²) in [5, 5.41) is 10.7. The molecule has 0 fully saturated rings. The highest BCUT2D eigenvalue weighted by Gasteiger charge is 2.00. The number of nitrogens with zero attached hydrogens (tertiary/aromatic N) is 1. The molecule has 0 unspecified atom stereocenters. The lowest BCUT2D eigenvalue weighted by atomic mass is 10.1. The molecule has 1 aromatic heterocycles. The standard InChI is InChI=1S/C17H13NO.Al/c19-16-8-4-7-14-10-12-15(18-17(14)16)11-9-13-5-2-1-3-6-13;/h1-12,19H;. The molecule has 2 aromatic carbocycles. The molecular formula is C17H13AlNO. The van der Waals surface area contributed by atoms with Gasteiger partial charge in [-0.2, -0.15) is 0 Å². The molecule has 1 N–H and O–H groups in total. The molecule has 2 nitrogen and oxygen atoms in total. The fraction of sp³-hybridized carbons (Fsp3) is 0. The first-order valence-electron chi connectivity index (χ1n) is 6.15. The average Bonchev–Trinajstić information content (AvgIpc) is 2.47. The molecule has 3 rings (SSSR count). The van der Waals surface area contributed by atoms with E-state index in [0.717, 1.165) is 16.6 Å². The number of para-hydroxylation sites is 1. The second-order valence-corrected chi connectivity index (χ2v) is 4.33. The van der Waals surface area contributed by atoms with Crippen LogP contribution in [0.15, 0.2) is 60.7 Å². The van der Waals surface area contributed by atoms with Gasteiger partial charge in [0.25, 0.3) is 0 Å². The summed E-state index contributed by atoms with van der Waals surface area (Å²) in [5.74, 6) is 0.215. The van der Waals surface area contributed by atoms with E-state index in [-0.39, 0.29) is 23.1 Å². The largest absolute Gasteiger partial charge is 0.506 e. The van der Waals surface area contributed by atoms with E-state index in [1.54, 1.807) is 6.07 Å². The zero-order valence-corrected chi connectivity index (χ0v) is 12.1. The molecule has 95 valence electrons. The van der Waals surface area contributed by atoms with Crippen LogP contribution in [0.1, 0.15) is 11.3 Å². The molecule has 0 aliphatic carbocycles. The van der Waals surface area contributed by atoms with Gasteiger partial charge in [0.05, 0.1) is 5.69 Å². The van der Waals surface area contributed by atoms with Gasteiger partial charge in [0.1, 0.15) is 11.3 Å². The number of hydrogen-bond donors (Lipinski definition) is 1. The maximum absolute atomic E-state index is 9.79. The Morgan fingerprint density at radius 3 is 2.40 bits per heavy atom. The highest BCUT2D eigenvalue weighted by atomic mass is 27.0. The smallest absolute Gasteiger partial charge is 0.141 e. The van der Waals surface area contributed by atoms with Crippen LogP contribution in [0.3, 0.4) is 0 Å². The van der Waals surface area contributed by atoms with Crippen LogP contribution in [0, 0.1) is 0 Å². The van der Waals surface area contributed by atoms with Gasteiger partial charge in [0.15, 0.2) is 0 Å². The lowest BCUT2D eigenvalue weighted by molar-refractivity contribution is 0.480. The molecule has 0 aliphatic heterocycles. The van der Waals surface area contributed by atoms with Gasteiger partial charge >= 0.3 is 0 Å². The van der Waals surface area contributed by atoms with E-state index in [4.69, 9.17) is 0 Å². The molecule has 1 heterocycles. The normalized spacial score (nSPS) is 10.6. The summed E-state index contributed by atoms with van der Waals surface area (Å²) in [7, 11) is 0. The van der Waals surface area contributed by atoms with E-state index in [2.05, 4.69) is 4.98 Å². The predicted molar refractivity (Wildman–Crippen MR) is 84.5 cm³/mol. The van der Waals surface area contributed by atoms with Gasteiger partial charge in [0.2, 0.25) is 0 Å². The minimum atomic E-state index is 0. The van der Waals surface area contributed by atoms with Crippen molar-refractivity contribution in [2.75, 3.05) is 0 Å². The van der Waals surface area contributed by atoms with Crippen molar-refractivity contribution in [3.8, 4) is 5.75 Å². The number of benzene rings is 2. The molecule has 3 aromatic rings. The van der Waals surface area contributed by atoms with Crippen LogP contribution in [0.4, 0.5) is 0 Å². The topological polar surface area (TPSA) is 33.1 Å². The molecule has 0 bridgehead atoms. The van der Waals surface area contributed by atoms with Crippen LogP contribution in [-0.2, 0) is 0 Å². The van der Waals surface area contributed by atoms with E-state index in [9.17, 15) is 5.11 Å². The molecule has 0 saturated heterocycles. The lowest BCUT2D eigenvalue weighted by Crippen LogP contribution is -1.83. The number of aromatic hydroxyl groups is 1. The van der Waals surface area contributed by atoms with Crippen molar-refractivity contribution < 1.29 is 5.11 Å². The maximum atomic E-state index is 9.79. The third kappa shape index (κ3) is 3.08. The van der Waals surface area contributed by atoms with Crippen LogP contribution in [0.25, 0.3) is 23.1 Å². The third-order valence-electron chi connectivity index (χ3n) is 2.97. The second kappa shape index (κ2) is 6.38. The van der Waals surface area contributed by atoms with Crippen LogP contribution in [0.5, 0.6) is 5.75 Å². The Morgan fingerprint density at radius 1 is 0.800 bits per heavy atom. The van der Waals surface area contributed by atoms with Crippen LogP contribution < -0.4 is 0 Å². The second-order valence-electron chi connectivity index (χ2n) is 4.33. The summed E-state index contributed by atoms with van der Waals surface area (Å²) >= 11 is 0. The van der Waals surface area contributed by atoms with Crippen molar-refractivity contribution in [1.29, 1.82) is 0 Å². The first-order chi connectivity index (χ1) is 9.33. The first kappa shape index (κ1) is 14.3. The van der Waals surface area contributed by atoms with Crippen molar-refractivity contribution in [3.63, 3.8) is 0 Å².